The fourth-order valence-electron chi connectivity index (χ4n) is 2.95. The number of oxime groups is 1. The normalized spacial score (nSPS) is 15.2. The van der Waals surface area contributed by atoms with Gasteiger partial charge in [-0.2, -0.15) is 0 Å². The Kier molecular flexibility index (Phi) is 6.01. The van der Waals surface area contributed by atoms with Crippen molar-refractivity contribution in [1.82, 2.24) is 0 Å². The van der Waals surface area contributed by atoms with E-state index < -0.39 is 6.10 Å². The molecule has 0 aromatic heterocycles. The highest BCUT2D eigenvalue weighted by Gasteiger charge is 2.30. The number of benzene rings is 2. The van der Waals surface area contributed by atoms with E-state index in [0.717, 1.165) is 0 Å². The number of amides is 1. The quantitative estimate of drug-likeness (QED) is 0.721. The van der Waals surface area contributed by atoms with Crippen LogP contribution in [0.3, 0.4) is 0 Å². The van der Waals surface area contributed by atoms with Gasteiger partial charge in [-0.1, -0.05) is 5.16 Å². The number of nitrogens with zero attached hydrogens (tertiary/aromatic N) is 1. The van der Waals surface area contributed by atoms with Crippen LogP contribution in [0.1, 0.15) is 29.3 Å². The Morgan fingerprint density at radius 2 is 1.66 bits per heavy atom. The van der Waals surface area contributed by atoms with Crippen LogP contribution in [-0.2, 0) is 9.63 Å². The molecule has 0 saturated carbocycles. The van der Waals surface area contributed by atoms with Crippen molar-refractivity contribution in [3.63, 3.8) is 0 Å². The number of ketones is 1. The zero-order valence-corrected chi connectivity index (χ0v) is 16.6. The molecule has 0 spiro atoms. The Bertz CT molecular complexity index is 927. The summed E-state index contributed by atoms with van der Waals surface area (Å²) >= 11 is 0. The summed E-state index contributed by atoms with van der Waals surface area (Å²) in [6.45, 7) is 1.49. The maximum atomic E-state index is 12.5. The first-order valence-corrected chi connectivity index (χ1v) is 8.91. The Balaban J connectivity index is 1.70. The van der Waals surface area contributed by atoms with Crippen LogP contribution in [0.5, 0.6) is 17.2 Å². The number of rotatable bonds is 7. The molecular weight excluding hydrogens is 376 g/mol. The lowest BCUT2D eigenvalue weighted by Gasteiger charge is -2.14. The molecule has 0 saturated heterocycles. The highest BCUT2D eigenvalue weighted by atomic mass is 16.6. The van der Waals surface area contributed by atoms with E-state index in [-0.39, 0.29) is 18.1 Å². The first-order valence-electron chi connectivity index (χ1n) is 8.91. The zero-order valence-electron chi connectivity index (χ0n) is 16.6. The third-order valence-corrected chi connectivity index (χ3v) is 4.52. The third-order valence-electron chi connectivity index (χ3n) is 4.52. The van der Waals surface area contributed by atoms with Gasteiger partial charge in [-0.05, 0) is 43.3 Å². The number of hydrogen-bond acceptors (Lipinski definition) is 7. The molecule has 2 aromatic rings. The highest BCUT2D eigenvalue weighted by Crippen LogP contribution is 2.39. The number of anilines is 1. The van der Waals surface area contributed by atoms with Crippen molar-refractivity contribution in [2.24, 2.45) is 5.16 Å². The molecule has 3 rings (SSSR count). The number of carbonyl (C=O) groups excluding carboxylic acids is 2. The van der Waals surface area contributed by atoms with E-state index in [1.807, 2.05) is 0 Å². The van der Waals surface area contributed by atoms with Crippen molar-refractivity contribution in [2.45, 2.75) is 19.4 Å². The predicted molar refractivity (Wildman–Crippen MR) is 107 cm³/mol. The molecule has 1 N–H and O–H groups in total. The summed E-state index contributed by atoms with van der Waals surface area (Å²) < 4.78 is 16.0. The SMILES string of the molecule is COc1cc(C2=NO[C@@H](C(=O)Nc3ccc(C(C)=O)cc3)C2)cc(OC)c1OC. The van der Waals surface area contributed by atoms with Gasteiger partial charge in [0.1, 0.15) is 0 Å². The minimum Gasteiger partial charge on any atom is -0.493 e. The molecule has 0 radical (unpaired) electrons. The van der Waals surface area contributed by atoms with Gasteiger partial charge < -0.3 is 24.4 Å². The molecule has 1 atom stereocenters. The monoisotopic (exact) mass is 398 g/mol. The Morgan fingerprint density at radius 1 is 1.03 bits per heavy atom. The Morgan fingerprint density at radius 3 is 2.17 bits per heavy atom. The third kappa shape index (κ3) is 4.31. The van der Waals surface area contributed by atoms with E-state index in [1.54, 1.807) is 36.4 Å². The van der Waals surface area contributed by atoms with E-state index in [4.69, 9.17) is 19.0 Å². The summed E-state index contributed by atoms with van der Waals surface area (Å²) in [5.41, 5.74) is 2.45. The fraction of sp³-hybridized carbons (Fsp3) is 0.286. The van der Waals surface area contributed by atoms with Crippen molar-refractivity contribution in [2.75, 3.05) is 26.6 Å². The number of ether oxygens (including phenoxy) is 3. The number of Topliss-reactive ketones (excluding diaryl/α,β-unsaturated/α-hetero) is 1. The number of methoxy groups -OCH3 is 3. The summed E-state index contributed by atoms with van der Waals surface area (Å²) in [7, 11) is 4.59. The summed E-state index contributed by atoms with van der Waals surface area (Å²) in [6, 6.07) is 10.2. The van der Waals surface area contributed by atoms with Crippen LogP contribution in [-0.4, -0.2) is 44.8 Å². The molecular formula is C21H22N2O6. The highest BCUT2D eigenvalue weighted by molar-refractivity contribution is 6.06. The average molecular weight is 398 g/mol. The molecule has 8 heteroatoms. The van der Waals surface area contributed by atoms with Crippen LogP contribution >= 0.6 is 0 Å². The Labute approximate surface area is 168 Å². The number of hydrogen-bond donors (Lipinski definition) is 1. The predicted octanol–water partition coefficient (Wildman–Crippen LogP) is 3.05. The van der Waals surface area contributed by atoms with Crippen LogP contribution in [0, 0.1) is 0 Å². The van der Waals surface area contributed by atoms with Crippen LogP contribution in [0.15, 0.2) is 41.6 Å². The minimum absolute atomic E-state index is 0.0367. The van der Waals surface area contributed by atoms with Crippen molar-refractivity contribution in [3.05, 3.63) is 47.5 Å². The molecule has 1 aliphatic heterocycles. The van der Waals surface area contributed by atoms with Crippen LogP contribution in [0.25, 0.3) is 0 Å². The molecule has 1 aliphatic rings. The smallest absolute Gasteiger partial charge is 0.268 e. The molecule has 0 unspecified atom stereocenters. The van der Waals surface area contributed by atoms with Gasteiger partial charge in [0.25, 0.3) is 5.91 Å². The van der Waals surface area contributed by atoms with Crippen LogP contribution in [0.4, 0.5) is 5.69 Å². The standard InChI is InChI=1S/C21H22N2O6/c1-12(24)13-5-7-15(8-6-13)22-21(25)19-11-16(23-29-19)14-9-17(26-2)20(28-4)18(10-14)27-3/h5-10,19H,11H2,1-4H3,(H,22,25)/t19-/m1/s1. The first kappa shape index (κ1) is 20.2. The van der Waals surface area contributed by atoms with Crippen molar-refractivity contribution < 1.29 is 28.6 Å². The largest absolute Gasteiger partial charge is 0.493 e. The van der Waals surface area contributed by atoms with Gasteiger partial charge in [-0.15, -0.1) is 0 Å². The number of nitrogens with one attached hydrogen (secondary N) is 1. The van der Waals surface area contributed by atoms with E-state index >= 15 is 0 Å². The van der Waals surface area contributed by atoms with Crippen molar-refractivity contribution >= 4 is 23.1 Å². The molecule has 0 aliphatic carbocycles. The lowest BCUT2D eigenvalue weighted by molar-refractivity contribution is -0.125. The maximum absolute atomic E-state index is 12.5. The zero-order chi connectivity index (χ0) is 21.0. The second-order valence-corrected chi connectivity index (χ2v) is 6.37. The molecule has 0 fully saturated rings. The van der Waals surface area contributed by atoms with Crippen molar-refractivity contribution in [1.29, 1.82) is 0 Å². The first-order chi connectivity index (χ1) is 14.0. The van der Waals surface area contributed by atoms with E-state index in [0.29, 0.717) is 39.8 Å². The van der Waals surface area contributed by atoms with E-state index in [2.05, 4.69) is 10.5 Å². The molecule has 1 amide bonds. The summed E-state index contributed by atoms with van der Waals surface area (Å²) in [4.78, 5) is 29.2. The fourth-order valence-corrected chi connectivity index (χ4v) is 2.95. The summed E-state index contributed by atoms with van der Waals surface area (Å²) in [5, 5.41) is 6.82. The van der Waals surface area contributed by atoms with Gasteiger partial charge in [-0.25, -0.2) is 0 Å². The van der Waals surface area contributed by atoms with Crippen LogP contribution < -0.4 is 19.5 Å². The van der Waals surface area contributed by atoms with Gasteiger partial charge in [0.05, 0.1) is 27.0 Å². The van der Waals surface area contributed by atoms with Gasteiger partial charge in [-0.3, -0.25) is 9.59 Å². The molecule has 8 nitrogen and oxygen atoms in total. The van der Waals surface area contributed by atoms with Gasteiger partial charge >= 0.3 is 0 Å². The average Bonchev–Trinajstić information content (AvgIpc) is 3.23. The second kappa shape index (κ2) is 8.64. The van der Waals surface area contributed by atoms with Gasteiger partial charge in [0.15, 0.2) is 17.3 Å². The topological polar surface area (TPSA) is 95.5 Å². The lowest BCUT2D eigenvalue weighted by atomic mass is 10.0. The molecule has 0 bridgehead atoms. The van der Waals surface area contributed by atoms with Crippen LogP contribution in [0.2, 0.25) is 0 Å². The summed E-state index contributed by atoms with van der Waals surface area (Å²) in [6.07, 6.45) is -0.479. The minimum atomic E-state index is -0.767. The second-order valence-electron chi connectivity index (χ2n) is 6.37. The molecule has 1 heterocycles. The van der Waals surface area contributed by atoms with E-state index in [1.165, 1.54) is 28.3 Å². The van der Waals surface area contributed by atoms with Gasteiger partial charge in [0, 0.05) is 23.2 Å². The lowest BCUT2D eigenvalue weighted by Crippen LogP contribution is -2.28. The Hall–Kier alpha value is -3.55. The molecule has 29 heavy (non-hydrogen) atoms. The maximum Gasteiger partial charge on any atom is 0.268 e. The number of carbonyl (C=O) groups is 2. The van der Waals surface area contributed by atoms with E-state index in [9.17, 15) is 9.59 Å². The summed E-state index contributed by atoms with van der Waals surface area (Å²) in [5.74, 6) is 1.09. The van der Waals surface area contributed by atoms with Crippen molar-refractivity contribution in [3.8, 4) is 17.2 Å². The molecule has 152 valence electrons. The van der Waals surface area contributed by atoms with Gasteiger partial charge in [0.2, 0.25) is 11.9 Å². The molecule has 2 aromatic carbocycles.